The molecule has 0 aliphatic carbocycles. The Labute approximate surface area is 144 Å². The van der Waals surface area contributed by atoms with E-state index in [4.69, 9.17) is 0 Å². The van der Waals surface area contributed by atoms with E-state index in [1.807, 2.05) is 6.92 Å². The molecule has 1 aromatic heterocycles. The van der Waals surface area contributed by atoms with Gasteiger partial charge in [-0.2, -0.15) is 5.10 Å². The first-order valence-corrected chi connectivity index (χ1v) is 8.20. The van der Waals surface area contributed by atoms with E-state index in [2.05, 4.69) is 10.1 Å². The number of fused-ring (bicyclic) bond motifs is 1. The first kappa shape index (κ1) is 15.5. The van der Waals surface area contributed by atoms with Gasteiger partial charge in [0, 0.05) is 12.1 Å². The van der Waals surface area contributed by atoms with Crippen LogP contribution in [0, 0.1) is 12.7 Å². The van der Waals surface area contributed by atoms with Crippen LogP contribution in [0.15, 0.2) is 49.1 Å². The van der Waals surface area contributed by atoms with Crippen LogP contribution in [-0.4, -0.2) is 27.2 Å². The molecule has 0 saturated carbocycles. The van der Waals surface area contributed by atoms with Crippen molar-refractivity contribution in [2.45, 2.75) is 19.8 Å². The number of aryl methyl sites for hydroxylation is 1. The number of rotatable bonds is 2. The van der Waals surface area contributed by atoms with Crippen LogP contribution in [0.25, 0.3) is 5.69 Å². The van der Waals surface area contributed by atoms with Crippen molar-refractivity contribution in [1.29, 1.82) is 0 Å². The van der Waals surface area contributed by atoms with Gasteiger partial charge in [-0.1, -0.05) is 6.07 Å². The highest BCUT2D eigenvalue weighted by atomic mass is 19.1. The highest BCUT2D eigenvalue weighted by Gasteiger charge is 2.27. The van der Waals surface area contributed by atoms with E-state index in [0.717, 1.165) is 29.7 Å². The van der Waals surface area contributed by atoms with Gasteiger partial charge < -0.3 is 4.90 Å². The molecule has 0 atom stereocenters. The third-order valence-corrected chi connectivity index (χ3v) is 4.59. The Kier molecular flexibility index (Phi) is 3.80. The van der Waals surface area contributed by atoms with Gasteiger partial charge in [0.05, 0.1) is 11.4 Å². The van der Waals surface area contributed by atoms with Gasteiger partial charge in [0.15, 0.2) is 0 Å². The number of amides is 1. The Balaban J connectivity index is 1.68. The molecular weight excluding hydrogens is 319 g/mol. The smallest absolute Gasteiger partial charge is 0.258 e. The van der Waals surface area contributed by atoms with E-state index >= 15 is 0 Å². The lowest BCUT2D eigenvalue weighted by atomic mass is 9.96. The van der Waals surface area contributed by atoms with Gasteiger partial charge in [0.1, 0.15) is 18.5 Å². The number of halogens is 1. The Hall–Kier alpha value is -3.02. The first-order chi connectivity index (χ1) is 12.1. The summed E-state index contributed by atoms with van der Waals surface area (Å²) >= 11 is 0. The van der Waals surface area contributed by atoms with Crippen LogP contribution >= 0.6 is 0 Å². The van der Waals surface area contributed by atoms with E-state index in [0.29, 0.717) is 17.8 Å². The topological polar surface area (TPSA) is 51.0 Å². The van der Waals surface area contributed by atoms with E-state index in [1.54, 1.807) is 46.2 Å². The second-order valence-corrected chi connectivity index (χ2v) is 6.14. The van der Waals surface area contributed by atoms with Gasteiger partial charge in [0.25, 0.3) is 5.91 Å². The molecule has 1 aliphatic rings. The maximum atomic E-state index is 14.4. The van der Waals surface area contributed by atoms with Crippen LogP contribution < -0.4 is 4.90 Å². The molecule has 1 aliphatic heterocycles. The predicted octanol–water partition coefficient (Wildman–Crippen LogP) is 3.31. The number of benzene rings is 2. The van der Waals surface area contributed by atoms with Gasteiger partial charge in [-0.15, -0.1) is 0 Å². The molecule has 126 valence electrons. The van der Waals surface area contributed by atoms with E-state index in [1.165, 1.54) is 12.4 Å². The van der Waals surface area contributed by atoms with Gasteiger partial charge in [-0.25, -0.2) is 14.1 Å². The van der Waals surface area contributed by atoms with Crippen molar-refractivity contribution >= 4 is 11.6 Å². The molecule has 2 aromatic carbocycles. The highest BCUT2D eigenvalue weighted by Crippen LogP contribution is 2.33. The Morgan fingerprint density at radius 2 is 1.96 bits per heavy atom. The monoisotopic (exact) mass is 336 g/mol. The largest absolute Gasteiger partial charge is 0.305 e. The summed E-state index contributed by atoms with van der Waals surface area (Å²) < 4.78 is 16.0. The van der Waals surface area contributed by atoms with Crippen LogP contribution in [0.3, 0.4) is 0 Å². The van der Waals surface area contributed by atoms with Crippen LogP contribution in [0.5, 0.6) is 0 Å². The van der Waals surface area contributed by atoms with E-state index in [-0.39, 0.29) is 11.7 Å². The molecule has 0 fully saturated rings. The molecule has 2 heterocycles. The number of hydrogen-bond acceptors (Lipinski definition) is 3. The Morgan fingerprint density at radius 1 is 1.16 bits per heavy atom. The molecule has 1 amide bonds. The fraction of sp³-hybridized carbons (Fsp3) is 0.211. The second kappa shape index (κ2) is 6.12. The van der Waals surface area contributed by atoms with E-state index in [9.17, 15) is 9.18 Å². The number of carbonyl (C=O) groups is 1. The zero-order valence-electron chi connectivity index (χ0n) is 13.8. The van der Waals surface area contributed by atoms with E-state index < -0.39 is 0 Å². The Bertz CT molecular complexity index is 919. The molecule has 0 spiro atoms. The summed E-state index contributed by atoms with van der Waals surface area (Å²) in [5, 5.41) is 4.06. The average molecular weight is 336 g/mol. The second-order valence-electron chi connectivity index (χ2n) is 6.14. The predicted molar refractivity (Wildman–Crippen MR) is 92.5 cm³/mol. The van der Waals surface area contributed by atoms with Crippen molar-refractivity contribution in [3.8, 4) is 5.69 Å². The number of anilines is 1. The minimum absolute atomic E-state index is 0.185. The van der Waals surface area contributed by atoms with Crippen molar-refractivity contribution in [1.82, 2.24) is 14.8 Å². The molecule has 6 heteroatoms. The first-order valence-electron chi connectivity index (χ1n) is 8.20. The molecule has 0 bridgehead atoms. The molecule has 0 saturated heterocycles. The van der Waals surface area contributed by atoms with Gasteiger partial charge in [0.2, 0.25) is 0 Å². The van der Waals surface area contributed by atoms with Crippen LogP contribution in [-0.2, 0) is 6.42 Å². The van der Waals surface area contributed by atoms with Gasteiger partial charge in [-0.3, -0.25) is 4.79 Å². The number of aromatic nitrogens is 3. The third-order valence-electron chi connectivity index (χ3n) is 4.59. The zero-order chi connectivity index (χ0) is 17.4. The molecule has 0 N–H and O–H groups in total. The fourth-order valence-corrected chi connectivity index (χ4v) is 3.30. The maximum Gasteiger partial charge on any atom is 0.258 e. The summed E-state index contributed by atoms with van der Waals surface area (Å²) in [6, 6.07) is 10.3. The minimum Gasteiger partial charge on any atom is -0.305 e. The van der Waals surface area contributed by atoms with Gasteiger partial charge in [-0.05, 0) is 61.2 Å². The van der Waals surface area contributed by atoms with Crippen molar-refractivity contribution in [3.05, 3.63) is 71.6 Å². The molecular formula is C19H17FN4O. The standard InChI is InChI=1S/C19H17FN4O/c1-13-4-9-17(20)18-16(13)3-2-10-23(18)19(25)14-5-7-15(8-6-14)24-12-21-11-22-24/h4-9,11-12H,2-3,10H2,1H3. The molecule has 0 unspecified atom stereocenters. The summed E-state index contributed by atoms with van der Waals surface area (Å²) in [6.07, 6.45) is 4.68. The fourth-order valence-electron chi connectivity index (χ4n) is 3.30. The zero-order valence-corrected chi connectivity index (χ0v) is 13.8. The van der Waals surface area contributed by atoms with Crippen LogP contribution in [0.2, 0.25) is 0 Å². The Morgan fingerprint density at radius 3 is 2.68 bits per heavy atom. The summed E-state index contributed by atoms with van der Waals surface area (Å²) in [5.41, 5.74) is 3.72. The molecule has 3 aromatic rings. The van der Waals surface area contributed by atoms with Crippen LogP contribution in [0.1, 0.15) is 27.9 Å². The molecule has 0 radical (unpaired) electrons. The molecule has 4 rings (SSSR count). The van der Waals surface area contributed by atoms with Crippen molar-refractivity contribution < 1.29 is 9.18 Å². The average Bonchev–Trinajstić information content (AvgIpc) is 3.19. The number of nitrogens with zero attached hydrogens (tertiary/aromatic N) is 4. The van der Waals surface area contributed by atoms with Crippen molar-refractivity contribution in [2.75, 3.05) is 11.4 Å². The van der Waals surface area contributed by atoms with Crippen molar-refractivity contribution in [2.24, 2.45) is 0 Å². The summed E-state index contributed by atoms with van der Waals surface area (Å²) in [7, 11) is 0. The molecule has 5 nitrogen and oxygen atoms in total. The summed E-state index contributed by atoms with van der Waals surface area (Å²) in [4.78, 5) is 18.4. The number of hydrogen-bond donors (Lipinski definition) is 0. The number of carbonyl (C=O) groups excluding carboxylic acids is 1. The minimum atomic E-state index is -0.340. The van der Waals surface area contributed by atoms with Crippen molar-refractivity contribution in [3.63, 3.8) is 0 Å². The SMILES string of the molecule is Cc1ccc(F)c2c1CCCN2C(=O)c1ccc(-n2cncn2)cc1. The lowest BCUT2D eigenvalue weighted by Crippen LogP contribution is -2.36. The molecule has 25 heavy (non-hydrogen) atoms. The van der Waals surface area contributed by atoms with Crippen LogP contribution in [0.4, 0.5) is 10.1 Å². The lowest BCUT2D eigenvalue weighted by Gasteiger charge is -2.31. The third kappa shape index (κ3) is 2.69. The lowest BCUT2D eigenvalue weighted by molar-refractivity contribution is 0.0984. The summed E-state index contributed by atoms with van der Waals surface area (Å²) in [5.74, 6) is -0.525. The normalized spacial score (nSPS) is 13.6. The highest BCUT2D eigenvalue weighted by molar-refractivity contribution is 6.07. The van der Waals surface area contributed by atoms with Gasteiger partial charge >= 0.3 is 0 Å². The summed E-state index contributed by atoms with van der Waals surface area (Å²) in [6.45, 7) is 2.48. The quantitative estimate of drug-likeness (QED) is 0.721. The maximum absolute atomic E-state index is 14.4.